The zero-order valence-corrected chi connectivity index (χ0v) is 28.4. The molecule has 4 aromatic rings. The number of benzene rings is 3. The molecule has 0 saturated carbocycles. The van der Waals surface area contributed by atoms with E-state index >= 15 is 4.39 Å². The number of amides is 1. The molecule has 1 N–H and O–H groups in total. The van der Waals surface area contributed by atoms with Crippen LogP contribution in [0.2, 0.25) is 5.02 Å². The molecule has 11 heteroatoms. The summed E-state index contributed by atoms with van der Waals surface area (Å²) < 4.78 is 20.7. The summed E-state index contributed by atoms with van der Waals surface area (Å²) in [4.78, 5) is 34.3. The summed E-state index contributed by atoms with van der Waals surface area (Å²) >= 11 is 6.43. The number of anilines is 2. The normalized spacial score (nSPS) is 14.6. The van der Waals surface area contributed by atoms with Gasteiger partial charge < -0.3 is 19.9 Å². The summed E-state index contributed by atoms with van der Waals surface area (Å²) in [6.45, 7) is 12.3. The van der Waals surface area contributed by atoms with Gasteiger partial charge in [0.2, 0.25) is 5.95 Å². The van der Waals surface area contributed by atoms with E-state index < -0.39 is 5.82 Å². The van der Waals surface area contributed by atoms with Gasteiger partial charge in [-0.2, -0.15) is 0 Å². The first-order chi connectivity index (χ1) is 23.4. The van der Waals surface area contributed by atoms with Gasteiger partial charge in [0.15, 0.2) is 0 Å². The number of hydrogen-bond acceptors (Lipinski definition) is 8. The Bertz CT molecular complexity index is 1790. The van der Waals surface area contributed by atoms with Crippen molar-refractivity contribution < 1.29 is 13.9 Å². The number of nitrogens with zero attached hydrogens (tertiary/aromatic N) is 6. The number of rotatable bonds is 11. The van der Waals surface area contributed by atoms with Crippen LogP contribution in [0.4, 0.5) is 16.0 Å². The molecular weight excluding hydrogens is 629 g/mol. The van der Waals surface area contributed by atoms with E-state index in [9.17, 15) is 4.79 Å². The van der Waals surface area contributed by atoms with Gasteiger partial charge in [-0.1, -0.05) is 37.6 Å². The third-order valence-electron chi connectivity index (χ3n) is 9.09. The van der Waals surface area contributed by atoms with Crippen LogP contribution >= 0.6 is 11.6 Å². The van der Waals surface area contributed by atoms with Gasteiger partial charge in [0.05, 0.1) is 30.6 Å². The minimum atomic E-state index is -0.441. The Labute approximate surface area is 286 Å². The van der Waals surface area contributed by atoms with Crippen LogP contribution in [0.15, 0.2) is 71.9 Å². The maximum absolute atomic E-state index is 15.2. The highest BCUT2D eigenvalue weighted by molar-refractivity contribution is 6.31. The number of carbonyl (C=O) groups is 1. The number of piperazine rings is 1. The quantitative estimate of drug-likeness (QED) is 0.194. The molecule has 3 aromatic carbocycles. The van der Waals surface area contributed by atoms with Crippen LogP contribution < -0.4 is 10.1 Å². The number of methoxy groups -OCH3 is 1. The van der Waals surface area contributed by atoms with Crippen LogP contribution in [0.1, 0.15) is 47.3 Å². The summed E-state index contributed by atoms with van der Waals surface area (Å²) in [5, 5.41) is 3.77. The lowest BCUT2D eigenvalue weighted by Crippen LogP contribution is -2.49. The maximum atomic E-state index is 15.2. The second-order valence-corrected chi connectivity index (χ2v) is 12.4. The lowest BCUT2D eigenvalue weighted by atomic mass is 9.94. The van der Waals surface area contributed by atoms with Gasteiger partial charge in [-0.25, -0.2) is 14.4 Å². The van der Waals surface area contributed by atoms with Crippen molar-refractivity contribution in [2.75, 3.05) is 64.8 Å². The van der Waals surface area contributed by atoms with Gasteiger partial charge in [0.25, 0.3) is 5.91 Å². The van der Waals surface area contributed by atoms with Crippen molar-refractivity contribution in [3.63, 3.8) is 0 Å². The molecule has 1 amide bonds. The molecular formula is C37H41ClFN7O2. The molecule has 250 valence electrons. The Morgan fingerprint density at radius 3 is 2.52 bits per heavy atom. The highest BCUT2D eigenvalue weighted by Gasteiger charge is 2.26. The highest BCUT2D eigenvalue weighted by atomic mass is 35.5. The summed E-state index contributed by atoms with van der Waals surface area (Å²) in [5.41, 5.74) is 4.98. The van der Waals surface area contributed by atoms with Gasteiger partial charge in [-0.3, -0.25) is 14.7 Å². The zero-order chi connectivity index (χ0) is 33.6. The van der Waals surface area contributed by atoms with Crippen molar-refractivity contribution in [3.05, 3.63) is 100.0 Å². The van der Waals surface area contributed by atoms with Crippen molar-refractivity contribution in [2.45, 2.75) is 26.8 Å². The van der Waals surface area contributed by atoms with E-state index in [2.05, 4.69) is 33.9 Å². The van der Waals surface area contributed by atoms with Crippen LogP contribution in [0.5, 0.6) is 5.75 Å². The molecule has 48 heavy (non-hydrogen) atoms. The molecule has 2 aliphatic rings. The molecule has 0 aliphatic carbocycles. The molecule has 1 fully saturated rings. The Morgan fingerprint density at radius 2 is 1.79 bits per heavy atom. The van der Waals surface area contributed by atoms with Crippen molar-refractivity contribution in [3.8, 4) is 17.0 Å². The fourth-order valence-electron chi connectivity index (χ4n) is 6.34. The number of carbonyl (C=O) groups excluding carboxylic acids is 1. The number of fused-ring (bicyclic) bond motifs is 3. The Balaban J connectivity index is 1.14. The van der Waals surface area contributed by atoms with Crippen LogP contribution in [-0.2, 0) is 6.54 Å². The van der Waals surface area contributed by atoms with Crippen molar-refractivity contribution in [2.24, 2.45) is 4.99 Å². The van der Waals surface area contributed by atoms with Gasteiger partial charge in [-0.05, 0) is 81.1 Å². The number of nitrogens with one attached hydrogen (secondary N) is 1. The molecule has 0 radical (unpaired) electrons. The molecule has 1 saturated heterocycles. The molecule has 6 rings (SSSR count). The van der Waals surface area contributed by atoms with E-state index in [1.54, 1.807) is 30.5 Å². The minimum Gasteiger partial charge on any atom is -0.496 e. The molecule has 0 unspecified atom stereocenters. The zero-order valence-electron chi connectivity index (χ0n) is 27.7. The number of hydrogen-bond donors (Lipinski definition) is 1. The Morgan fingerprint density at radius 1 is 1.02 bits per heavy atom. The van der Waals surface area contributed by atoms with Crippen molar-refractivity contribution in [1.29, 1.82) is 0 Å². The lowest BCUT2D eigenvalue weighted by Gasteiger charge is -2.35. The molecule has 1 aromatic heterocycles. The topological polar surface area (TPSA) is 86.2 Å². The van der Waals surface area contributed by atoms with Gasteiger partial charge in [0, 0.05) is 65.3 Å². The van der Waals surface area contributed by atoms with E-state index in [1.165, 1.54) is 13.2 Å². The molecule has 2 aliphatic heterocycles. The lowest BCUT2D eigenvalue weighted by molar-refractivity contribution is 0.0632. The van der Waals surface area contributed by atoms with Gasteiger partial charge in [-0.15, -0.1) is 0 Å². The number of halogens is 2. The fraction of sp³-hybridized carbons (Fsp3) is 0.351. The number of aromatic nitrogens is 2. The van der Waals surface area contributed by atoms with Crippen LogP contribution in [-0.4, -0.2) is 95.8 Å². The van der Waals surface area contributed by atoms with Crippen LogP contribution in [0, 0.1) is 5.82 Å². The van der Waals surface area contributed by atoms with E-state index in [-0.39, 0.29) is 18.0 Å². The first kappa shape index (κ1) is 33.5. The SMILES string of the molecule is CCN(CC)CCCN1CCN(C(=O)c2ccc(Nc3ncc4c(n3)-c3ccc(Cl)cc3C(c3c(F)cccc3OC)=NC4)cc2)CC1. The number of aliphatic imine (C=N–C) groups is 1. The molecule has 0 bridgehead atoms. The Kier molecular flexibility index (Phi) is 10.6. The Hall–Kier alpha value is -4.38. The molecule has 0 spiro atoms. The van der Waals surface area contributed by atoms with E-state index in [1.807, 2.05) is 35.2 Å². The minimum absolute atomic E-state index is 0.0446. The summed E-state index contributed by atoms with van der Waals surface area (Å²) in [5.74, 6) is 0.370. The molecule has 9 nitrogen and oxygen atoms in total. The number of ether oxygens (including phenoxy) is 1. The predicted molar refractivity (Wildman–Crippen MR) is 189 cm³/mol. The van der Waals surface area contributed by atoms with Gasteiger partial charge >= 0.3 is 0 Å². The third kappa shape index (κ3) is 7.36. The van der Waals surface area contributed by atoms with Gasteiger partial charge in [0.1, 0.15) is 11.6 Å². The maximum Gasteiger partial charge on any atom is 0.253 e. The standard InChI is InChI=1S/C37H41ClFN7O2/c1-4-44(5-2)16-7-17-45-18-20-46(21-19-45)36(47)25-10-13-28(14-11-25)42-37-41-24-26-23-40-35(33-31(39)8-6-9-32(33)48-3)30-22-27(38)12-15-29(30)34(26)43-37/h6,8-15,22,24H,4-5,7,16-21,23H2,1-3H3,(H,41,42,43). The van der Waals surface area contributed by atoms with Crippen molar-refractivity contribution >= 4 is 34.9 Å². The summed E-state index contributed by atoms with van der Waals surface area (Å²) in [6, 6.07) is 17.5. The average molecular weight is 670 g/mol. The summed E-state index contributed by atoms with van der Waals surface area (Å²) in [6.07, 6.45) is 2.88. The highest BCUT2D eigenvalue weighted by Crippen LogP contribution is 2.36. The monoisotopic (exact) mass is 669 g/mol. The van der Waals surface area contributed by atoms with E-state index in [4.69, 9.17) is 26.3 Å². The fourth-order valence-corrected chi connectivity index (χ4v) is 6.51. The second kappa shape index (κ2) is 15.2. The van der Waals surface area contributed by atoms with E-state index in [0.717, 1.165) is 75.6 Å². The summed E-state index contributed by atoms with van der Waals surface area (Å²) in [7, 11) is 1.51. The largest absolute Gasteiger partial charge is 0.496 e. The molecule has 3 heterocycles. The second-order valence-electron chi connectivity index (χ2n) is 12.0. The average Bonchev–Trinajstić information content (AvgIpc) is 3.26. The third-order valence-corrected chi connectivity index (χ3v) is 9.32. The predicted octanol–water partition coefficient (Wildman–Crippen LogP) is 6.53. The first-order valence-corrected chi connectivity index (χ1v) is 16.9. The van der Waals surface area contributed by atoms with Crippen molar-refractivity contribution in [1.82, 2.24) is 24.7 Å². The van der Waals surface area contributed by atoms with Crippen LogP contribution in [0.3, 0.4) is 0 Å². The smallest absolute Gasteiger partial charge is 0.253 e. The van der Waals surface area contributed by atoms with Crippen LogP contribution in [0.25, 0.3) is 11.3 Å². The van der Waals surface area contributed by atoms with E-state index in [0.29, 0.717) is 39.3 Å². The molecule has 0 atom stereocenters. The first-order valence-electron chi connectivity index (χ1n) is 16.5.